The average Bonchev–Trinajstić information content (AvgIpc) is 2.83. The second kappa shape index (κ2) is 5.95. The van der Waals surface area contributed by atoms with E-state index in [9.17, 15) is 13.2 Å². The van der Waals surface area contributed by atoms with Crippen LogP contribution in [0, 0.1) is 13.8 Å². The SMILES string of the molecule is Cc1nn(-c2ccccc2)c(C)c1Nc1ccc(C(F)(F)F)nn1. The van der Waals surface area contributed by atoms with Crippen LogP contribution < -0.4 is 5.32 Å². The smallest absolute Gasteiger partial charge is 0.336 e. The van der Waals surface area contributed by atoms with Crippen LogP contribution in [-0.2, 0) is 6.18 Å². The Morgan fingerprint density at radius 1 is 0.958 bits per heavy atom. The van der Waals surface area contributed by atoms with Gasteiger partial charge in [0.1, 0.15) is 0 Å². The summed E-state index contributed by atoms with van der Waals surface area (Å²) in [5.41, 5.74) is 2.08. The summed E-state index contributed by atoms with van der Waals surface area (Å²) >= 11 is 0. The third-order valence-corrected chi connectivity index (χ3v) is 3.50. The first kappa shape index (κ1) is 16.0. The Labute approximate surface area is 136 Å². The van der Waals surface area contributed by atoms with Crippen molar-refractivity contribution in [1.82, 2.24) is 20.0 Å². The number of hydrogen-bond acceptors (Lipinski definition) is 4. The first-order chi connectivity index (χ1) is 11.4. The van der Waals surface area contributed by atoms with E-state index in [2.05, 4.69) is 20.6 Å². The highest BCUT2D eigenvalue weighted by Gasteiger charge is 2.32. The number of nitrogens with zero attached hydrogens (tertiary/aromatic N) is 4. The zero-order chi connectivity index (χ0) is 17.3. The molecule has 0 saturated carbocycles. The molecular weight excluding hydrogens is 319 g/mol. The second-order valence-corrected chi connectivity index (χ2v) is 5.22. The summed E-state index contributed by atoms with van der Waals surface area (Å²) in [6, 6.07) is 11.7. The topological polar surface area (TPSA) is 55.6 Å². The van der Waals surface area contributed by atoms with Gasteiger partial charge in [-0.25, -0.2) is 4.68 Å². The Morgan fingerprint density at radius 2 is 1.67 bits per heavy atom. The molecule has 0 amide bonds. The van der Waals surface area contributed by atoms with Gasteiger partial charge in [-0.2, -0.15) is 18.3 Å². The van der Waals surface area contributed by atoms with Crippen LogP contribution in [0.4, 0.5) is 24.7 Å². The van der Waals surface area contributed by atoms with Crippen molar-refractivity contribution in [2.24, 2.45) is 0 Å². The fourth-order valence-electron chi connectivity index (χ4n) is 2.32. The molecule has 124 valence electrons. The molecule has 0 aliphatic heterocycles. The van der Waals surface area contributed by atoms with E-state index < -0.39 is 11.9 Å². The number of aromatic nitrogens is 4. The maximum atomic E-state index is 12.5. The molecule has 0 spiro atoms. The van der Waals surface area contributed by atoms with E-state index in [1.54, 1.807) is 4.68 Å². The first-order valence-corrected chi connectivity index (χ1v) is 7.16. The summed E-state index contributed by atoms with van der Waals surface area (Å²) in [5, 5.41) is 14.2. The molecule has 0 radical (unpaired) electrons. The van der Waals surface area contributed by atoms with Crippen LogP contribution in [0.2, 0.25) is 0 Å². The van der Waals surface area contributed by atoms with Gasteiger partial charge in [-0.3, -0.25) is 0 Å². The van der Waals surface area contributed by atoms with Crippen molar-refractivity contribution in [3.8, 4) is 5.69 Å². The Bertz CT molecular complexity index is 839. The number of rotatable bonds is 3. The molecule has 3 aromatic rings. The molecular formula is C16H14F3N5. The van der Waals surface area contributed by atoms with Crippen LogP contribution in [0.1, 0.15) is 17.1 Å². The van der Waals surface area contributed by atoms with Gasteiger partial charge in [0.25, 0.3) is 0 Å². The Hall–Kier alpha value is -2.90. The summed E-state index contributed by atoms with van der Waals surface area (Å²) in [4.78, 5) is 0. The number of nitrogens with one attached hydrogen (secondary N) is 1. The third kappa shape index (κ3) is 3.08. The molecule has 1 N–H and O–H groups in total. The van der Waals surface area contributed by atoms with E-state index in [-0.39, 0.29) is 5.82 Å². The van der Waals surface area contributed by atoms with Gasteiger partial charge in [0, 0.05) is 0 Å². The average molecular weight is 333 g/mol. The highest BCUT2D eigenvalue weighted by molar-refractivity contribution is 5.62. The lowest BCUT2D eigenvalue weighted by Crippen LogP contribution is -2.09. The largest absolute Gasteiger partial charge is 0.435 e. The minimum atomic E-state index is -4.50. The van der Waals surface area contributed by atoms with Crippen molar-refractivity contribution < 1.29 is 13.2 Å². The number of aryl methyl sites for hydroxylation is 1. The van der Waals surface area contributed by atoms with Crippen LogP contribution in [-0.4, -0.2) is 20.0 Å². The van der Waals surface area contributed by atoms with Gasteiger partial charge in [-0.1, -0.05) is 18.2 Å². The molecule has 24 heavy (non-hydrogen) atoms. The lowest BCUT2D eigenvalue weighted by molar-refractivity contribution is -0.141. The molecule has 0 aliphatic carbocycles. The summed E-state index contributed by atoms with van der Waals surface area (Å²) < 4.78 is 39.3. The molecule has 0 aliphatic rings. The number of hydrogen-bond donors (Lipinski definition) is 1. The summed E-state index contributed by atoms with van der Waals surface area (Å²) in [6.07, 6.45) is -4.50. The Morgan fingerprint density at radius 3 is 2.25 bits per heavy atom. The first-order valence-electron chi connectivity index (χ1n) is 7.16. The van der Waals surface area contributed by atoms with Crippen LogP contribution in [0.3, 0.4) is 0 Å². The van der Waals surface area contributed by atoms with Crippen LogP contribution >= 0.6 is 0 Å². The van der Waals surface area contributed by atoms with E-state index in [1.165, 1.54) is 6.07 Å². The molecule has 0 atom stereocenters. The van der Waals surface area contributed by atoms with E-state index >= 15 is 0 Å². The quantitative estimate of drug-likeness (QED) is 0.786. The molecule has 2 heterocycles. The van der Waals surface area contributed by atoms with Crippen molar-refractivity contribution in [1.29, 1.82) is 0 Å². The molecule has 3 rings (SSSR count). The summed E-state index contributed by atoms with van der Waals surface area (Å²) in [5.74, 6) is 0.224. The van der Waals surface area contributed by atoms with Gasteiger partial charge in [0.2, 0.25) is 0 Å². The van der Waals surface area contributed by atoms with E-state index in [0.29, 0.717) is 11.4 Å². The lowest BCUT2D eigenvalue weighted by Gasteiger charge is -2.08. The Kier molecular flexibility index (Phi) is 3.96. The molecule has 0 unspecified atom stereocenters. The van der Waals surface area contributed by atoms with Crippen molar-refractivity contribution in [2.45, 2.75) is 20.0 Å². The molecule has 2 aromatic heterocycles. The zero-order valence-corrected chi connectivity index (χ0v) is 13.0. The van der Waals surface area contributed by atoms with Gasteiger partial charge in [-0.15, -0.1) is 10.2 Å². The highest BCUT2D eigenvalue weighted by atomic mass is 19.4. The van der Waals surface area contributed by atoms with Crippen molar-refractivity contribution >= 4 is 11.5 Å². The highest BCUT2D eigenvalue weighted by Crippen LogP contribution is 2.29. The summed E-state index contributed by atoms with van der Waals surface area (Å²) in [6.45, 7) is 3.68. The van der Waals surface area contributed by atoms with Crippen LogP contribution in [0.25, 0.3) is 5.69 Å². The molecule has 0 saturated heterocycles. The summed E-state index contributed by atoms with van der Waals surface area (Å²) in [7, 11) is 0. The minimum absolute atomic E-state index is 0.224. The predicted octanol–water partition coefficient (Wildman–Crippen LogP) is 4.04. The van der Waals surface area contributed by atoms with Gasteiger partial charge in [-0.05, 0) is 38.1 Å². The maximum absolute atomic E-state index is 12.5. The van der Waals surface area contributed by atoms with Gasteiger partial charge < -0.3 is 5.32 Å². The van der Waals surface area contributed by atoms with E-state index in [4.69, 9.17) is 0 Å². The minimum Gasteiger partial charge on any atom is -0.336 e. The zero-order valence-electron chi connectivity index (χ0n) is 13.0. The lowest BCUT2D eigenvalue weighted by atomic mass is 10.3. The van der Waals surface area contributed by atoms with Crippen molar-refractivity contribution in [3.05, 3.63) is 59.5 Å². The number of halogens is 3. The Balaban J connectivity index is 1.90. The van der Waals surface area contributed by atoms with Gasteiger partial charge >= 0.3 is 6.18 Å². The number of benzene rings is 1. The number of alkyl halides is 3. The van der Waals surface area contributed by atoms with E-state index in [1.807, 2.05) is 44.2 Å². The number of para-hydroxylation sites is 1. The molecule has 5 nitrogen and oxygen atoms in total. The number of anilines is 2. The molecule has 1 aromatic carbocycles. The van der Waals surface area contributed by atoms with Crippen LogP contribution in [0.15, 0.2) is 42.5 Å². The van der Waals surface area contributed by atoms with Gasteiger partial charge in [0.15, 0.2) is 11.5 Å². The van der Waals surface area contributed by atoms with E-state index in [0.717, 1.165) is 17.4 Å². The normalized spacial score (nSPS) is 11.5. The predicted molar refractivity (Wildman–Crippen MR) is 83.4 cm³/mol. The monoisotopic (exact) mass is 333 g/mol. The fraction of sp³-hybridized carbons (Fsp3) is 0.188. The maximum Gasteiger partial charge on any atom is 0.435 e. The third-order valence-electron chi connectivity index (χ3n) is 3.50. The molecule has 0 fully saturated rings. The van der Waals surface area contributed by atoms with Crippen molar-refractivity contribution in [3.63, 3.8) is 0 Å². The fourth-order valence-corrected chi connectivity index (χ4v) is 2.32. The van der Waals surface area contributed by atoms with Gasteiger partial charge in [0.05, 0.1) is 22.8 Å². The standard InChI is InChI=1S/C16H14F3N5/c1-10-15(11(2)24(23-10)12-6-4-3-5-7-12)20-14-9-8-13(21-22-14)16(17,18)19/h3-9H,1-2H3,(H,20,22). The second-order valence-electron chi connectivity index (χ2n) is 5.22. The van der Waals surface area contributed by atoms with Crippen LogP contribution in [0.5, 0.6) is 0 Å². The molecule has 0 bridgehead atoms. The van der Waals surface area contributed by atoms with Crippen molar-refractivity contribution in [2.75, 3.05) is 5.32 Å². The molecule has 8 heteroatoms.